The van der Waals surface area contributed by atoms with Crippen molar-refractivity contribution in [2.24, 2.45) is 10.8 Å². The van der Waals surface area contributed by atoms with Crippen molar-refractivity contribution in [2.45, 2.75) is 66.0 Å². The molecule has 0 aromatic carbocycles. The number of ether oxygens (including phenoxy) is 2. The Morgan fingerprint density at radius 3 is 2.00 bits per heavy atom. The van der Waals surface area contributed by atoms with E-state index in [0.717, 1.165) is 12.8 Å². The highest BCUT2D eigenvalue weighted by Crippen LogP contribution is 2.45. The molecule has 1 saturated carbocycles. The highest BCUT2D eigenvalue weighted by atomic mass is 16.7. The number of nitrogens with one attached hydrogen (secondary N) is 2. The Morgan fingerprint density at radius 2 is 1.55 bits per heavy atom. The van der Waals surface area contributed by atoms with Gasteiger partial charge in [0.15, 0.2) is 0 Å². The molecule has 1 fully saturated rings. The lowest BCUT2D eigenvalue weighted by Crippen LogP contribution is -2.50. The van der Waals surface area contributed by atoms with Gasteiger partial charge < -0.3 is 19.9 Å². The van der Waals surface area contributed by atoms with E-state index in [2.05, 4.69) is 44.7 Å². The molecule has 0 aromatic rings. The lowest BCUT2D eigenvalue weighted by Gasteiger charge is -2.46. The van der Waals surface area contributed by atoms with E-state index in [9.17, 15) is 14.4 Å². The van der Waals surface area contributed by atoms with E-state index < -0.39 is 24.1 Å². The summed E-state index contributed by atoms with van der Waals surface area (Å²) in [6, 6.07) is -0.156. The van der Waals surface area contributed by atoms with Crippen molar-refractivity contribution < 1.29 is 33.8 Å². The van der Waals surface area contributed by atoms with Gasteiger partial charge in [-0.05, 0) is 43.9 Å². The topological polar surface area (TPSA) is 123 Å². The Hall–Kier alpha value is -2.39. The summed E-state index contributed by atoms with van der Waals surface area (Å²) in [4.78, 5) is 40.1. The van der Waals surface area contributed by atoms with Gasteiger partial charge in [-0.2, -0.15) is 0 Å². The summed E-state index contributed by atoms with van der Waals surface area (Å²) in [6.07, 6.45) is 0.506. The van der Waals surface area contributed by atoms with Gasteiger partial charge in [0.25, 0.3) is 0 Å². The molecule has 9 nitrogen and oxygen atoms in total. The van der Waals surface area contributed by atoms with E-state index in [1.54, 1.807) is 0 Å². The zero-order valence-corrected chi connectivity index (χ0v) is 19.2. The van der Waals surface area contributed by atoms with Gasteiger partial charge in [-0.3, -0.25) is 4.84 Å². The highest BCUT2D eigenvalue weighted by Gasteiger charge is 2.41. The van der Waals surface area contributed by atoms with E-state index in [1.165, 1.54) is 13.8 Å². The van der Waals surface area contributed by atoms with Crippen molar-refractivity contribution in [1.82, 2.24) is 10.8 Å². The van der Waals surface area contributed by atoms with Crippen molar-refractivity contribution in [2.75, 3.05) is 19.8 Å². The van der Waals surface area contributed by atoms with Crippen LogP contribution in [-0.2, 0) is 23.9 Å². The summed E-state index contributed by atoms with van der Waals surface area (Å²) in [7, 11) is 0. The van der Waals surface area contributed by atoms with Gasteiger partial charge in [-0.1, -0.05) is 33.9 Å². The van der Waals surface area contributed by atoms with Crippen molar-refractivity contribution in [3.63, 3.8) is 0 Å². The molecule has 0 saturated heterocycles. The number of rotatable bonds is 11. The predicted molar refractivity (Wildman–Crippen MR) is 115 cm³/mol. The fraction of sp³-hybridized carbons (Fsp3) is 0.682. The summed E-state index contributed by atoms with van der Waals surface area (Å²) in [5.74, 6) is -1.13. The monoisotopic (exact) mass is 440 g/mol. The first kappa shape index (κ1) is 26.6. The van der Waals surface area contributed by atoms with Crippen molar-refractivity contribution in [3.05, 3.63) is 24.3 Å². The Morgan fingerprint density at radius 1 is 1.03 bits per heavy atom. The lowest BCUT2D eigenvalue weighted by molar-refractivity contribution is -0.157. The van der Waals surface area contributed by atoms with E-state index in [-0.39, 0.29) is 41.2 Å². The molecule has 0 heterocycles. The molecular weight excluding hydrogens is 404 g/mol. The SMILES string of the molecule is C=C(C)C(=O)OCC(COC(=O)C(=C)C)ONCC1(C)CC(NC(=O)O)CC(C)(C)C1. The fourth-order valence-electron chi connectivity index (χ4n) is 4.08. The van der Waals surface area contributed by atoms with Crippen LogP contribution in [0.1, 0.15) is 53.9 Å². The number of esters is 2. The summed E-state index contributed by atoms with van der Waals surface area (Å²) >= 11 is 0. The van der Waals surface area contributed by atoms with Crippen LogP contribution in [0.15, 0.2) is 24.3 Å². The molecule has 176 valence electrons. The first-order valence-corrected chi connectivity index (χ1v) is 10.3. The second kappa shape index (κ2) is 11.3. The third-order valence-electron chi connectivity index (χ3n) is 5.02. The number of hydroxylamine groups is 1. The highest BCUT2D eigenvalue weighted by molar-refractivity contribution is 5.87. The van der Waals surface area contributed by atoms with Gasteiger partial charge in [0.1, 0.15) is 19.3 Å². The van der Waals surface area contributed by atoms with E-state index in [0.29, 0.717) is 13.0 Å². The maximum Gasteiger partial charge on any atom is 0.404 e. The second-order valence-corrected chi connectivity index (χ2v) is 9.52. The largest absolute Gasteiger partial charge is 0.465 e. The lowest BCUT2D eigenvalue weighted by atomic mass is 9.62. The maximum atomic E-state index is 11.7. The molecule has 0 aromatic heterocycles. The maximum absolute atomic E-state index is 11.7. The molecule has 2 unspecified atom stereocenters. The van der Waals surface area contributed by atoms with Crippen molar-refractivity contribution in [3.8, 4) is 0 Å². The molecule has 1 aliphatic carbocycles. The molecule has 2 atom stereocenters. The first-order valence-electron chi connectivity index (χ1n) is 10.3. The van der Waals surface area contributed by atoms with Gasteiger partial charge in [-0.15, -0.1) is 0 Å². The smallest absolute Gasteiger partial charge is 0.404 e. The minimum Gasteiger partial charge on any atom is -0.465 e. The minimum absolute atomic E-state index is 0.0464. The zero-order chi connectivity index (χ0) is 23.8. The van der Waals surface area contributed by atoms with E-state index >= 15 is 0 Å². The van der Waals surface area contributed by atoms with Crippen LogP contribution < -0.4 is 10.8 Å². The quantitative estimate of drug-likeness (QED) is 0.255. The van der Waals surface area contributed by atoms with Gasteiger partial charge in [0, 0.05) is 23.7 Å². The second-order valence-electron chi connectivity index (χ2n) is 9.52. The first-order chi connectivity index (χ1) is 14.2. The average Bonchev–Trinajstić information content (AvgIpc) is 2.60. The van der Waals surface area contributed by atoms with Crippen molar-refractivity contribution >= 4 is 18.0 Å². The van der Waals surface area contributed by atoms with E-state index in [1.807, 2.05) is 0 Å². The number of hydrogen-bond donors (Lipinski definition) is 3. The van der Waals surface area contributed by atoms with Gasteiger partial charge in [0.05, 0.1) is 0 Å². The predicted octanol–water partition coefficient (Wildman–Crippen LogP) is 2.97. The molecule has 9 heteroatoms. The number of hydrogen-bond acceptors (Lipinski definition) is 7. The third kappa shape index (κ3) is 9.97. The zero-order valence-electron chi connectivity index (χ0n) is 19.2. The Balaban J connectivity index is 2.70. The summed E-state index contributed by atoms with van der Waals surface area (Å²) in [5.41, 5.74) is 3.13. The van der Waals surface area contributed by atoms with Crippen LogP contribution in [0.5, 0.6) is 0 Å². The van der Waals surface area contributed by atoms with Crippen LogP contribution in [0.3, 0.4) is 0 Å². The molecule has 1 amide bonds. The Kier molecular flexibility index (Phi) is 9.71. The molecule has 0 spiro atoms. The summed E-state index contributed by atoms with van der Waals surface area (Å²) in [5, 5.41) is 11.7. The number of carbonyl (C=O) groups is 3. The number of carboxylic acid groups (broad SMARTS) is 1. The number of amides is 1. The molecule has 1 rings (SSSR count). The summed E-state index contributed by atoms with van der Waals surface area (Å²) < 4.78 is 10.3. The molecule has 3 N–H and O–H groups in total. The van der Waals surface area contributed by atoms with Crippen LogP contribution in [0.4, 0.5) is 4.79 Å². The molecule has 0 radical (unpaired) electrons. The molecule has 31 heavy (non-hydrogen) atoms. The normalized spacial score (nSPS) is 22.5. The molecule has 0 aliphatic heterocycles. The van der Waals surface area contributed by atoms with Crippen LogP contribution in [0, 0.1) is 10.8 Å². The van der Waals surface area contributed by atoms with Crippen LogP contribution in [0.25, 0.3) is 0 Å². The molecule has 0 bridgehead atoms. The van der Waals surface area contributed by atoms with Crippen molar-refractivity contribution in [1.29, 1.82) is 0 Å². The number of carbonyl (C=O) groups excluding carboxylic acids is 2. The summed E-state index contributed by atoms with van der Waals surface area (Å²) in [6.45, 7) is 16.6. The molecule has 1 aliphatic rings. The van der Waals surface area contributed by atoms with Gasteiger partial charge in [-0.25, -0.2) is 19.9 Å². The fourth-order valence-corrected chi connectivity index (χ4v) is 4.08. The molecular formula is C22H36N2O7. The van der Waals surface area contributed by atoms with Crippen LogP contribution in [-0.4, -0.2) is 55.0 Å². The van der Waals surface area contributed by atoms with Gasteiger partial charge in [0.2, 0.25) is 0 Å². The van der Waals surface area contributed by atoms with E-state index in [4.69, 9.17) is 19.4 Å². The average molecular weight is 441 g/mol. The Bertz CT molecular complexity index is 674. The third-order valence-corrected chi connectivity index (χ3v) is 5.02. The Labute approximate surface area is 184 Å². The van der Waals surface area contributed by atoms with Gasteiger partial charge >= 0.3 is 18.0 Å². The van der Waals surface area contributed by atoms with Crippen LogP contribution >= 0.6 is 0 Å². The standard InChI is InChI=1S/C22H36N2O7/c1-14(2)18(25)29-10-17(11-30-19(26)15(3)4)31-23-13-22(7)9-16(24-20(27)28)8-21(5,6)12-22/h16-17,23-24H,1,3,8-13H2,2,4-7H3,(H,27,28). The van der Waals surface area contributed by atoms with Crippen LogP contribution in [0.2, 0.25) is 0 Å². The minimum atomic E-state index is -1.03.